The van der Waals surface area contributed by atoms with Gasteiger partial charge in [0.05, 0.1) is 12.6 Å². The molecular formula is C30H37FN2O3S. The van der Waals surface area contributed by atoms with E-state index in [1.54, 1.807) is 19.4 Å². The lowest BCUT2D eigenvalue weighted by Gasteiger charge is -2.38. The van der Waals surface area contributed by atoms with Crippen LogP contribution in [0.25, 0.3) is 10.9 Å². The first-order valence-electron chi connectivity index (χ1n) is 13.1. The number of fused-ring (bicyclic) bond motifs is 1. The molecule has 1 aliphatic heterocycles. The van der Waals surface area contributed by atoms with E-state index in [2.05, 4.69) is 41.1 Å². The number of aromatic nitrogens is 1. The number of piperidine rings is 1. The summed E-state index contributed by atoms with van der Waals surface area (Å²) in [6.07, 6.45) is 3.72. The van der Waals surface area contributed by atoms with Crippen molar-refractivity contribution >= 4 is 28.6 Å². The molecule has 1 aromatic heterocycles. The summed E-state index contributed by atoms with van der Waals surface area (Å²) in [7, 11) is 1.60. The third-order valence-electron chi connectivity index (χ3n) is 7.40. The molecule has 7 heteroatoms. The maximum atomic E-state index is 15.5. The molecule has 1 fully saturated rings. The molecule has 5 nitrogen and oxygen atoms in total. The number of nitrogens with zero attached hydrogens (tertiary/aromatic N) is 2. The van der Waals surface area contributed by atoms with Crippen LogP contribution in [-0.4, -0.2) is 53.5 Å². The number of carboxylic acids is 1. The molecule has 1 aliphatic rings. The molecule has 37 heavy (non-hydrogen) atoms. The van der Waals surface area contributed by atoms with Crippen LogP contribution in [-0.2, 0) is 4.79 Å². The highest BCUT2D eigenvalue weighted by Gasteiger charge is 2.31. The molecule has 0 bridgehead atoms. The Morgan fingerprint density at radius 1 is 1.24 bits per heavy atom. The van der Waals surface area contributed by atoms with Gasteiger partial charge in [0.2, 0.25) is 0 Å². The molecule has 2 heterocycles. The van der Waals surface area contributed by atoms with Crippen LogP contribution in [0.3, 0.4) is 0 Å². The van der Waals surface area contributed by atoms with E-state index < -0.39 is 12.1 Å². The van der Waals surface area contributed by atoms with Crippen LogP contribution < -0.4 is 4.74 Å². The van der Waals surface area contributed by atoms with E-state index in [9.17, 15) is 9.90 Å². The number of alkyl halides is 1. The Bertz CT molecular complexity index is 1190. The summed E-state index contributed by atoms with van der Waals surface area (Å²) >= 11 is 1.87. The van der Waals surface area contributed by atoms with Crippen LogP contribution in [0.4, 0.5) is 4.39 Å². The Kier molecular flexibility index (Phi) is 9.81. The number of thioether (sulfide) groups is 1. The van der Waals surface area contributed by atoms with Gasteiger partial charge in [0.15, 0.2) is 0 Å². The number of halogens is 1. The average molecular weight is 525 g/mol. The summed E-state index contributed by atoms with van der Waals surface area (Å²) < 4.78 is 20.8. The zero-order chi connectivity index (χ0) is 26.2. The molecule has 0 amide bonds. The predicted molar refractivity (Wildman–Crippen MR) is 148 cm³/mol. The third kappa shape index (κ3) is 7.68. The van der Waals surface area contributed by atoms with Crippen molar-refractivity contribution in [3.05, 3.63) is 65.9 Å². The van der Waals surface area contributed by atoms with Gasteiger partial charge in [-0.3, -0.25) is 9.78 Å². The predicted octanol–water partition coefficient (Wildman–Crippen LogP) is 6.94. The molecular weight excluding hydrogens is 487 g/mol. The van der Waals surface area contributed by atoms with Crippen LogP contribution in [0, 0.1) is 18.8 Å². The summed E-state index contributed by atoms with van der Waals surface area (Å²) in [6.45, 7) is 4.80. The number of hydrogen-bond donors (Lipinski definition) is 1. The van der Waals surface area contributed by atoms with Crippen LogP contribution in [0.5, 0.6) is 5.75 Å². The summed E-state index contributed by atoms with van der Waals surface area (Å²) in [5.41, 5.74) is 2.65. The fourth-order valence-electron chi connectivity index (χ4n) is 5.44. The zero-order valence-electron chi connectivity index (χ0n) is 21.7. The SMILES string of the molecule is COc1ccc2nccc([C@@H](F)CC[C@@H]3CCN(CCCSc4cccc(C)c4)C[C@@H]3CC(=O)O)c2c1. The number of pyridine rings is 1. The lowest BCUT2D eigenvalue weighted by Crippen LogP contribution is -2.42. The van der Waals surface area contributed by atoms with Crippen molar-refractivity contribution in [1.82, 2.24) is 9.88 Å². The molecule has 3 aromatic rings. The van der Waals surface area contributed by atoms with Crippen molar-refractivity contribution in [2.24, 2.45) is 11.8 Å². The fourth-order valence-corrected chi connectivity index (χ4v) is 6.39. The van der Waals surface area contributed by atoms with E-state index in [0.717, 1.165) is 49.1 Å². The summed E-state index contributed by atoms with van der Waals surface area (Å²) in [6, 6.07) is 15.8. The van der Waals surface area contributed by atoms with Gasteiger partial charge in [0, 0.05) is 29.4 Å². The Hall–Kier alpha value is -2.64. The van der Waals surface area contributed by atoms with E-state index in [4.69, 9.17) is 4.74 Å². The molecule has 0 unspecified atom stereocenters. The quantitative estimate of drug-likeness (QED) is 0.205. The Morgan fingerprint density at radius 2 is 2.11 bits per heavy atom. The molecule has 0 radical (unpaired) electrons. The van der Waals surface area contributed by atoms with Crippen LogP contribution in [0.15, 0.2) is 59.6 Å². The van der Waals surface area contributed by atoms with Crippen LogP contribution in [0.2, 0.25) is 0 Å². The first-order valence-corrected chi connectivity index (χ1v) is 14.1. The highest BCUT2D eigenvalue weighted by molar-refractivity contribution is 7.99. The average Bonchev–Trinajstić information content (AvgIpc) is 2.89. The highest BCUT2D eigenvalue weighted by atomic mass is 32.2. The number of carbonyl (C=O) groups is 1. The molecule has 1 N–H and O–H groups in total. The maximum Gasteiger partial charge on any atom is 0.303 e. The van der Waals surface area contributed by atoms with Gasteiger partial charge in [-0.15, -0.1) is 11.8 Å². The largest absolute Gasteiger partial charge is 0.497 e. The van der Waals surface area contributed by atoms with Crippen molar-refractivity contribution in [3.8, 4) is 5.75 Å². The Morgan fingerprint density at radius 3 is 2.89 bits per heavy atom. The second-order valence-electron chi connectivity index (χ2n) is 10.1. The van der Waals surface area contributed by atoms with Gasteiger partial charge in [-0.2, -0.15) is 0 Å². The van der Waals surface area contributed by atoms with Crippen molar-refractivity contribution in [3.63, 3.8) is 0 Å². The Balaban J connectivity index is 1.31. The highest BCUT2D eigenvalue weighted by Crippen LogP contribution is 2.36. The minimum Gasteiger partial charge on any atom is -0.497 e. The smallest absolute Gasteiger partial charge is 0.303 e. The minimum absolute atomic E-state index is 0.0529. The molecule has 0 aliphatic carbocycles. The second kappa shape index (κ2) is 13.2. The van der Waals surface area contributed by atoms with E-state index in [-0.39, 0.29) is 18.3 Å². The van der Waals surface area contributed by atoms with Gasteiger partial charge in [0.25, 0.3) is 0 Å². The first kappa shape index (κ1) is 27.4. The molecule has 0 spiro atoms. The molecule has 198 valence electrons. The number of hydrogen-bond acceptors (Lipinski definition) is 5. The standard InChI is InChI=1S/C30H37FN2O3S/c1-21-5-3-6-25(17-21)37-16-4-14-33-15-12-22(23(20-33)18-30(34)35)7-9-28(31)26-11-13-32-29-10-8-24(36-2)19-27(26)29/h3,5-6,8,10-11,13,17,19,22-23,28H,4,7,9,12,14-16,18,20H2,1-2H3,(H,34,35)/t22-,23+,28+/m1/s1. The van der Waals surface area contributed by atoms with Crippen molar-refractivity contribution in [1.29, 1.82) is 0 Å². The lowest BCUT2D eigenvalue weighted by molar-refractivity contribution is -0.139. The molecule has 1 saturated heterocycles. The molecule has 4 rings (SSSR count). The van der Waals surface area contributed by atoms with Gasteiger partial charge >= 0.3 is 5.97 Å². The zero-order valence-corrected chi connectivity index (χ0v) is 22.6. The lowest BCUT2D eigenvalue weighted by atomic mass is 9.79. The van der Waals surface area contributed by atoms with E-state index >= 15 is 4.39 Å². The topological polar surface area (TPSA) is 62.7 Å². The molecule has 3 atom stereocenters. The van der Waals surface area contributed by atoms with Crippen LogP contribution in [0.1, 0.15) is 49.4 Å². The van der Waals surface area contributed by atoms with Crippen LogP contribution >= 0.6 is 11.8 Å². The number of methoxy groups -OCH3 is 1. The van der Waals surface area contributed by atoms with Crippen molar-refractivity contribution in [2.75, 3.05) is 32.5 Å². The maximum absolute atomic E-state index is 15.5. The monoisotopic (exact) mass is 524 g/mol. The number of aliphatic carboxylic acids is 1. The number of carboxylic acid groups (broad SMARTS) is 1. The third-order valence-corrected chi connectivity index (χ3v) is 8.48. The number of benzene rings is 2. The summed E-state index contributed by atoms with van der Waals surface area (Å²) in [4.78, 5) is 19.7. The van der Waals surface area contributed by atoms with Gasteiger partial charge < -0.3 is 14.7 Å². The van der Waals surface area contributed by atoms with Gasteiger partial charge in [-0.25, -0.2) is 4.39 Å². The number of aryl methyl sites for hydroxylation is 1. The second-order valence-corrected chi connectivity index (χ2v) is 11.2. The number of rotatable bonds is 12. The van der Waals surface area contributed by atoms with Gasteiger partial charge in [-0.1, -0.05) is 17.7 Å². The Labute approximate surface area is 223 Å². The van der Waals surface area contributed by atoms with E-state index in [1.807, 2.05) is 30.0 Å². The minimum atomic E-state index is -1.13. The van der Waals surface area contributed by atoms with Gasteiger partial charge in [0.1, 0.15) is 11.9 Å². The molecule has 2 aromatic carbocycles. The van der Waals surface area contributed by atoms with E-state index in [0.29, 0.717) is 24.2 Å². The summed E-state index contributed by atoms with van der Waals surface area (Å²) in [5, 5.41) is 10.3. The summed E-state index contributed by atoms with van der Waals surface area (Å²) in [5.74, 6) is 1.23. The molecule has 0 saturated carbocycles. The first-order chi connectivity index (χ1) is 17.9. The van der Waals surface area contributed by atoms with Crippen molar-refractivity contribution in [2.45, 2.75) is 50.1 Å². The van der Waals surface area contributed by atoms with Crippen molar-refractivity contribution < 1.29 is 19.0 Å². The number of likely N-dealkylation sites (tertiary alicyclic amines) is 1. The fraction of sp³-hybridized carbons (Fsp3) is 0.467. The normalized spacial score (nSPS) is 19.1. The van der Waals surface area contributed by atoms with E-state index in [1.165, 1.54) is 10.5 Å². The number of ether oxygens (including phenoxy) is 1. The van der Waals surface area contributed by atoms with Gasteiger partial charge in [-0.05, 0) is 105 Å².